The van der Waals surface area contributed by atoms with E-state index in [1.165, 1.54) is 57.8 Å². The molecule has 0 aromatic heterocycles. The Labute approximate surface area is 133 Å². The third-order valence-corrected chi connectivity index (χ3v) is 5.24. The molecule has 0 radical (unpaired) electrons. The molecular weight excluding hydrogens is 258 g/mol. The molecule has 1 aliphatic carbocycles. The van der Waals surface area contributed by atoms with Gasteiger partial charge in [0.1, 0.15) is 0 Å². The van der Waals surface area contributed by atoms with E-state index < -0.39 is 0 Å². The molecule has 0 aromatic carbocycles. The second-order valence-corrected chi connectivity index (χ2v) is 7.31. The molecule has 0 bridgehead atoms. The fourth-order valence-corrected chi connectivity index (χ4v) is 3.55. The summed E-state index contributed by atoms with van der Waals surface area (Å²) < 4.78 is 6.42. The summed E-state index contributed by atoms with van der Waals surface area (Å²) in [6.45, 7) is 12.3. The molecule has 0 heterocycles. The first kappa shape index (κ1) is 19.0. The van der Waals surface area contributed by atoms with E-state index in [1.54, 1.807) is 0 Å². The van der Waals surface area contributed by atoms with Crippen LogP contribution >= 0.6 is 0 Å². The molecule has 1 fully saturated rings. The van der Waals surface area contributed by atoms with Gasteiger partial charge in [0.25, 0.3) is 0 Å². The lowest BCUT2D eigenvalue weighted by Gasteiger charge is -2.41. The van der Waals surface area contributed by atoms with Crippen molar-refractivity contribution < 1.29 is 4.74 Å². The standard InChI is InChI=1S/C19H39NO/c1-5-7-8-9-10-15-21-19(16-20-6-2)13-11-18(12-14-19)17(3)4/h17-18,20H,5-16H2,1-4H3. The van der Waals surface area contributed by atoms with Crippen molar-refractivity contribution in [3.63, 3.8) is 0 Å². The first-order valence-corrected chi connectivity index (χ1v) is 9.48. The highest BCUT2D eigenvalue weighted by molar-refractivity contribution is 4.90. The minimum atomic E-state index is 0.131. The molecule has 1 saturated carbocycles. The average molecular weight is 298 g/mol. The van der Waals surface area contributed by atoms with Crippen LogP contribution in [0.15, 0.2) is 0 Å². The molecule has 0 spiro atoms. The first-order chi connectivity index (χ1) is 10.1. The normalized spacial score (nSPS) is 26.4. The van der Waals surface area contributed by atoms with E-state index in [1.807, 2.05) is 0 Å². The van der Waals surface area contributed by atoms with Gasteiger partial charge in [-0.2, -0.15) is 0 Å². The summed E-state index contributed by atoms with van der Waals surface area (Å²) >= 11 is 0. The zero-order chi connectivity index (χ0) is 15.6. The zero-order valence-corrected chi connectivity index (χ0v) is 15.0. The van der Waals surface area contributed by atoms with E-state index in [0.29, 0.717) is 0 Å². The molecule has 2 heteroatoms. The molecule has 0 aromatic rings. The Morgan fingerprint density at radius 2 is 1.71 bits per heavy atom. The van der Waals surface area contributed by atoms with Crippen LogP contribution in [0.2, 0.25) is 0 Å². The van der Waals surface area contributed by atoms with Crippen molar-refractivity contribution in [1.29, 1.82) is 0 Å². The van der Waals surface area contributed by atoms with Crippen molar-refractivity contribution in [2.45, 2.75) is 91.1 Å². The van der Waals surface area contributed by atoms with Gasteiger partial charge in [-0.3, -0.25) is 0 Å². The van der Waals surface area contributed by atoms with Crippen molar-refractivity contribution >= 4 is 0 Å². The van der Waals surface area contributed by atoms with E-state index in [0.717, 1.165) is 31.5 Å². The molecule has 0 atom stereocenters. The van der Waals surface area contributed by atoms with Crippen molar-refractivity contribution in [2.75, 3.05) is 19.7 Å². The van der Waals surface area contributed by atoms with Gasteiger partial charge in [0.05, 0.1) is 5.60 Å². The molecule has 2 nitrogen and oxygen atoms in total. The number of likely N-dealkylation sites (N-methyl/N-ethyl adjacent to an activating group) is 1. The Kier molecular flexibility index (Phi) is 9.59. The number of ether oxygens (including phenoxy) is 1. The van der Waals surface area contributed by atoms with E-state index >= 15 is 0 Å². The molecule has 1 aliphatic rings. The van der Waals surface area contributed by atoms with E-state index in [4.69, 9.17) is 4.74 Å². The Balaban J connectivity index is 2.33. The predicted octanol–water partition coefficient (Wildman–Crippen LogP) is 5.17. The first-order valence-electron chi connectivity index (χ1n) is 9.48. The van der Waals surface area contributed by atoms with Crippen molar-refractivity contribution in [1.82, 2.24) is 5.32 Å². The van der Waals surface area contributed by atoms with E-state index in [-0.39, 0.29) is 5.60 Å². The Bertz CT molecular complexity index is 244. The maximum Gasteiger partial charge on any atom is 0.0806 e. The zero-order valence-electron chi connectivity index (χ0n) is 15.0. The molecule has 0 unspecified atom stereocenters. The largest absolute Gasteiger partial charge is 0.374 e. The molecule has 0 saturated heterocycles. The number of hydrogen-bond acceptors (Lipinski definition) is 2. The summed E-state index contributed by atoms with van der Waals surface area (Å²) in [5.41, 5.74) is 0.131. The SMILES string of the molecule is CCCCCCCOC1(CNCC)CCC(C(C)C)CC1. The summed E-state index contributed by atoms with van der Waals surface area (Å²) in [6, 6.07) is 0. The summed E-state index contributed by atoms with van der Waals surface area (Å²) in [6.07, 6.45) is 11.8. The van der Waals surface area contributed by atoms with Gasteiger partial charge in [-0.1, -0.05) is 53.4 Å². The number of hydrogen-bond donors (Lipinski definition) is 1. The highest BCUT2D eigenvalue weighted by Gasteiger charge is 2.36. The molecule has 0 aliphatic heterocycles. The number of nitrogens with one attached hydrogen (secondary N) is 1. The Morgan fingerprint density at radius 3 is 2.29 bits per heavy atom. The fraction of sp³-hybridized carbons (Fsp3) is 1.00. The third-order valence-electron chi connectivity index (χ3n) is 5.24. The van der Waals surface area contributed by atoms with Crippen LogP contribution in [0.1, 0.15) is 85.5 Å². The van der Waals surface area contributed by atoms with E-state index in [9.17, 15) is 0 Å². The van der Waals surface area contributed by atoms with Crippen molar-refractivity contribution in [3.05, 3.63) is 0 Å². The lowest BCUT2D eigenvalue weighted by molar-refractivity contribution is -0.0803. The van der Waals surface area contributed by atoms with Gasteiger partial charge in [-0.05, 0) is 50.5 Å². The van der Waals surface area contributed by atoms with Gasteiger partial charge in [0.15, 0.2) is 0 Å². The average Bonchev–Trinajstić information content (AvgIpc) is 2.49. The van der Waals surface area contributed by atoms with Crippen molar-refractivity contribution in [2.24, 2.45) is 11.8 Å². The van der Waals surface area contributed by atoms with Gasteiger partial charge >= 0.3 is 0 Å². The highest BCUT2D eigenvalue weighted by atomic mass is 16.5. The van der Waals surface area contributed by atoms with Crippen LogP contribution in [0, 0.1) is 11.8 Å². The predicted molar refractivity (Wildman–Crippen MR) is 92.8 cm³/mol. The van der Waals surface area contributed by atoms with Gasteiger partial charge in [-0.25, -0.2) is 0 Å². The Hall–Kier alpha value is -0.0800. The molecule has 1 rings (SSSR count). The van der Waals surface area contributed by atoms with Gasteiger partial charge in [-0.15, -0.1) is 0 Å². The summed E-state index contributed by atoms with van der Waals surface area (Å²) in [5, 5.41) is 3.54. The van der Waals surface area contributed by atoms with Crippen molar-refractivity contribution in [3.8, 4) is 0 Å². The van der Waals surface area contributed by atoms with Gasteiger partial charge in [0, 0.05) is 13.2 Å². The summed E-state index contributed by atoms with van der Waals surface area (Å²) in [7, 11) is 0. The topological polar surface area (TPSA) is 21.3 Å². The smallest absolute Gasteiger partial charge is 0.0806 e. The van der Waals surface area contributed by atoms with Crippen LogP contribution < -0.4 is 5.32 Å². The summed E-state index contributed by atoms with van der Waals surface area (Å²) in [5.74, 6) is 1.74. The molecule has 1 N–H and O–H groups in total. The van der Waals surface area contributed by atoms with Gasteiger partial charge in [0.2, 0.25) is 0 Å². The van der Waals surface area contributed by atoms with E-state index in [2.05, 4.69) is 33.0 Å². The molecule has 126 valence electrons. The van der Waals surface area contributed by atoms with Crippen LogP contribution in [0.5, 0.6) is 0 Å². The van der Waals surface area contributed by atoms with Gasteiger partial charge < -0.3 is 10.1 Å². The van der Waals surface area contributed by atoms with Crippen LogP contribution in [-0.2, 0) is 4.74 Å². The minimum absolute atomic E-state index is 0.131. The second kappa shape index (κ2) is 10.6. The number of rotatable bonds is 11. The van der Waals surface area contributed by atoms with Crippen LogP contribution in [-0.4, -0.2) is 25.3 Å². The lowest BCUT2D eigenvalue weighted by atomic mass is 9.74. The molecule has 0 amide bonds. The third kappa shape index (κ3) is 7.15. The highest BCUT2D eigenvalue weighted by Crippen LogP contribution is 2.38. The quantitative estimate of drug-likeness (QED) is 0.531. The Morgan fingerprint density at radius 1 is 1.05 bits per heavy atom. The fourth-order valence-electron chi connectivity index (χ4n) is 3.55. The van der Waals surface area contributed by atoms with Crippen LogP contribution in [0.25, 0.3) is 0 Å². The van der Waals surface area contributed by atoms with Crippen LogP contribution in [0.4, 0.5) is 0 Å². The second-order valence-electron chi connectivity index (χ2n) is 7.31. The summed E-state index contributed by atoms with van der Waals surface area (Å²) in [4.78, 5) is 0. The maximum absolute atomic E-state index is 6.42. The van der Waals surface area contributed by atoms with Crippen LogP contribution in [0.3, 0.4) is 0 Å². The maximum atomic E-state index is 6.42. The lowest BCUT2D eigenvalue weighted by Crippen LogP contribution is -2.46. The molecular formula is C19H39NO. The monoisotopic (exact) mass is 297 g/mol. The molecule has 21 heavy (non-hydrogen) atoms. The number of unbranched alkanes of at least 4 members (excludes halogenated alkanes) is 4. The minimum Gasteiger partial charge on any atom is -0.374 e.